The second kappa shape index (κ2) is 5.06. The Balaban J connectivity index is 1.96. The van der Waals surface area contributed by atoms with Crippen molar-refractivity contribution >= 4 is 5.78 Å². The van der Waals surface area contributed by atoms with E-state index in [1.807, 2.05) is 13.8 Å². The topological polar surface area (TPSA) is 60.7 Å². The molecular weight excluding hydrogens is 264 g/mol. The number of aromatic nitrogens is 4. The number of nitrogens with zero attached hydrogens (tertiary/aromatic N) is 4. The Kier molecular flexibility index (Phi) is 3.35. The van der Waals surface area contributed by atoms with Crippen LogP contribution in [-0.4, -0.2) is 26.0 Å². The first-order valence-electron chi connectivity index (χ1n) is 7.35. The summed E-state index contributed by atoms with van der Waals surface area (Å²) in [4.78, 5) is 13.5. The van der Waals surface area contributed by atoms with Crippen molar-refractivity contribution in [3.8, 4) is 0 Å². The van der Waals surface area contributed by atoms with Gasteiger partial charge in [0.15, 0.2) is 11.6 Å². The van der Waals surface area contributed by atoms with Gasteiger partial charge in [-0.25, -0.2) is 0 Å². The van der Waals surface area contributed by atoms with Crippen LogP contribution in [0, 0.1) is 20.8 Å². The van der Waals surface area contributed by atoms with Gasteiger partial charge in [-0.15, -0.1) is 10.2 Å². The van der Waals surface area contributed by atoms with Gasteiger partial charge in [-0.2, -0.15) is 4.80 Å². The van der Waals surface area contributed by atoms with Crippen molar-refractivity contribution in [1.82, 2.24) is 20.2 Å². The quantitative estimate of drug-likeness (QED) is 0.810. The highest BCUT2D eigenvalue weighted by molar-refractivity contribution is 5.97. The van der Waals surface area contributed by atoms with Crippen molar-refractivity contribution in [3.63, 3.8) is 0 Å². The van der Waals surface area contributed by atoms with Gasteiger partial charge in [0.25, 0.3) is 0 Å². The third kappa shape index (κ3) is 2.60. The van der Waals surface area contributed by atoms with E-state index in [9.17, 15) is 4.79 Å². The first-order chi connectivity index (χ1) is 9.97. The summed E-state index contributed by atoms with van der Waals surface area (Å²) in [5.41, 5.74) is 5.17. The van der Waals surface area contributed by atoms with Crippen LogP contribution >= 0.6 is 0 Å². The van der Waals surface area contributed by atoms with Crippen molar-refractivity contribution in [2.75, 3.05) is 0 Å². The molecule has 21 heavy (non-hydrogen) atoms. The molecule has 5 nitrogen and oxygen atoms in total. The lowest BCUT2D eigenvalue weighted by Crippen LogP contribution is -2.11. The molecule has 1 heterocycles. The van der Waals surface area contributed by atoms with Crippen molar-refractivity contribution in [2.24, 2.45) is 0 Å². The monoisotopic (exact) mass is 284 g/mol. The normalized spacial score (nSPS) is 14.5. The molecule has 0 radical (unpaired) electrons. The second-order valence-electron chi connectivity index (χ2n) is 6.00. The van der Waals surface area contributed by atoms with E-state index >= 15 is 0 Å². The predicted molar refractivity (Wildman–Crippen MR) is 79.6 cm³/mol. The van der Waals surface area contributed by atoms with Crippen LogP contribution in [0.25, 0.3) is 0 Å². The number of carbonyl (C=O) groups excluding carboxylic acids is 1. The Morgan fingerprint density at radius 1 is 1.29 bits per heavy atom. The van der Waals surface area contributed by atoms with Crippen LogP contribution in [0.5, 0.6) is 0 Å². The van der Waals surface area contributed by atoms with Gasteiger partial charge in [0.05, 0.1) is 6.54 Å². The van der Waals surface area contributed by atoms with Crippen LogP contribution in [0.3, 0.4) is 0 Å². The highest BCUT2D eigenvalue weighted by Gasteiger charge is 2.28. The lowest BCUT2D eigenvalue weighted by molar-refractivity contribution is 0.101. The average molecular weight is 284 g/mol. The van der Waals surface area contributed by atoms with Crippen molar-refractivity contribution < 1.29 is 4.79 Å². The lowest BCUT2D eigenvalue weighted by Gasteiger charge is -2.15. The summed E-state index contributed by atoms with van der Waals surface area (Å²) in [5, 5.41) is 12.7. The minimum absolute atomic E-state index is 0.108. The number of aryl methyl sites for hydroxylation is 2. The van der Waals surface area contributed by atoms with Gasteiger partial charge >= 0.3 is 0 Å². The molecule has 1 saturated carbocycles. The number of ketones is 1. The van der Waals surface area contributed by atoms with Gasteiger partial charge in [0.2, 0.25) is 0 Å². The number of tetrazole rings is 1. The highest BCUT2D eigenvalue weighted by atomic mass is 16.1. The van der Waals surface area contributed by atoms with E-state index in [1.54, 1.807) is 11.7 Å². The molecular formula is C16H20N4O. The fourth-order valence-electron chi connectivity index (χ4n) is 2.98. The van der Waals surface area contributed by atoms with Crippen LogP contribution in [0.1, 0.15) is 64.1 Å². The van der Waals surface area contributed by atoms with Crippen molar-refractivity contribution in [2.45, 2.75) is 53.0 Å². The fourth-order valence-corrected chi connectivity index (χ4v) is 2.98. The number of rotatable bonds is 4. The lowest BCUT2D eigenvalue weighted by atomic mass is 9.91. The van der Waals surface area contributed by atoms with E-state index in [-0.39, 0.29) is 5.78 Å². The number of Topliss-reactive ketones (excluding diaryl/α,β-unsaturated/α-hetero) is 1. The third-order valence-corrected chi connectivity index (χ3v) is 4.19. The zero-order valence-corrected chi connectivity index (χ0v) is 13.0. The first kappa shape index (κ1) is 13.9. The average Bonchev–Trinajstić information content (AvgIpc) is 3.14. The van der Waals surface area contributed by atoms with Crippen LogP contribution in [-0.2, 0) is 6.54 Å². The zero-order chi connectivity index (χ0) is 15.1. The summed E-state index contributed by atoms with van der Waals surface area (Å²) >= 11 is 0. The Bertz CT molecular complexity index is 713. The van der Waals surface area contributed by atoms with E-state index in [0.29, 0.717) is 12.5 Å². The Hall–Kier alpha value is -2.04. The van der Waals surface area contributed by atoms with E-state index in [1.165, 1.54) is 18.4 Å². The van der Waals surface area contributed by atoms with Crippen LogP contribution in [0.2, 0.25) is 0 Å². The fraction of sp³-hybridized carbons (Fsp3) is 0.500. The van der Waals surface area contributed by atoms with Crippen LogP contribution in [0.15, 0.2) is 6.07 Å². The highest BCUT2D eigenvalue weighted by Crippen LogP contribution is 2.37. The predicted octanol–water partition coefficient (Wildman–Crippen LogP) is 2.73. The molecule has 0 atom stereocenters. The van der Waals surface area contributed by atoms with Gasteiger partial charge in [0, 0.05) is 11.5 Å². The standard InChI is InChI=1S/C16H20N4O/c1-9-7-10(2)15(12(4)21)11(3)14(9)8-20-18-16(17-19-20)13-5-6-13/h7,13H,5-6,8H2,1-4H3. The summed E-state index contributed by atoms with van der Waals surface area (Å²) in [7, 11) is 0. The summed E-state index contributed by atoms with van der Waals surface area (Å²) in [5.74, 6) is 1.47. The second-order valence-corrected chi connectivity index (χ2v) is 6.00. The third-order valence-electron chi connectivity index (χ3n) is 4.19. The summed E-state index contributed by atoms with van der Waals surface area (Å²) in [6, 6.07) is 2.07. The molecule has 5 heteroatoms. The number of benzene rings is 1. The van der Waals surface area contributed by atoms with Gasteiger partial charge < -0.3 is 0 Å². The maximum Gasteiger partial charge on any atom is 0.177 e. The molecule has 0 bridgehead atoms. The van der Waals surface area contributed by atoms with Gasteiger partial charge in [-0.1, -0.05) is 6.07 Å². The summed E-state index contributed by atoms with van der Waals surface area (Å²) in [6.45, 7) is 8.24. The molecule has 0 N–H and O–H groups in total. The Morgan fingerprint density at radius 2 is 2.00 bits per heavy atom. The van der Waals surface area contributed by atoms with Gasteiger partial charge in [-0.05, 0) is 68.0 Å². The molecule has 1 fully saturated rings. The number of hydrogen-bond acceptors (Lipinski definition) is 4. The number of hydrogen-bond donors (Lipinski definition) is 0. The molecule has 110 valence electrons. The molecule has 1 aromatic heterocycles. The molecule has 0 aliphatic heterocycles. The summed E-state index contributed by atoms with van der Waals surface area (Å²) in [6.07, 6.45) is 2.34. The minimum Gasteiger partial charge on any atom is -0.294 e. The Labute approximate surface area is 124 Å². The van der Waals surface area contributed by atoms with Crippen LogP contribution < -0.4 is 0 Å². The molecule has 0 spiro atoms. The molecule has 1 aliphatic carbocycles. The maximum atomic E-state index is 11.9. The largest absolute Gasteiger partial charge is 0.294 e. The first-order valence-corrected chi connectivity index (χ1v) is 7.35. The number of carbonyl (C=O) groups is 1. The van der Waals surface area contributed by atoms with Gasteiger partial charge in [-0.3, -0.25) is 4.79 Å². The molecule has 1 aromatic carbocycles. The zero-order valence-electron chi connectivity index (χ0n) is 13.0. The van der Waals surface area contributed by atoms with E-state index in [2.05, 4.69) is 28.4 Å². The van der Waals surface area contributed by atoms with Gasteiger partial charge in [0.1, 0.15) is 0 Å². The van der Waals surface area contributed by atoms with E-state index in [0.717, 1.165) is 28.1 Å². The van der Waals surface area contributed by atoms with E-state index < -0.39 is 0 Å². The summed E-state index contributed by atoms with van der Waals surface area (Å²) < 4.78 is 0. The maximum absolute atomic E-state index is 11.9. The molecule has 0 unspecified atom stereocenters. The SMILES string of the molecule is CC(=O)c1c(C)cc(C)c(Cn2nnc(C3CC3)n2)c1C. The smallest absolute Gasteiger partial charge is 0.177 e. The minimum atomic E-state index is 0.108. The molecule has 0 amide bonds. The van der Waals surface area contributed by atoms with Crippen molar-refractivity contribution in [3.05, 3.63) is 39.7 Å². The van der Waals surface area contributed by atoms with E-state index in [4.69, 9.17) is 0 Å². The Morgan fingerprint density at radius 3 is 2.62 bits per heavy atom. The molecule has 0 saturated heterocycles. The van der Waals surface area contributed by atoms with Crippen LogP contribution in [0.4, 0.5) is 0 Å². The molecule has 1 aliphatic rings. The van der Waals surface area contributed by atoms with Crippen molar-refractivity contribution in [1.29, 1.82) is 0 Å². The molecule has 3 rings (SSSR count). The molecule has 2 aromatic rings.